The molecule has 0 saturated heterocycles. The molecule has 0 radical (unpaired) electrons. The van der Waals surface area contributed by atoms with Gasteiger partial charge in [0.15, 0.2) is 0 Å². The number of hydrogen-bond acceptors (Lipinski definition) is 5. The van der Waals surface area contributed by atoms with Crippen molar-refractivity contribution in [2.75, 3.05) is 13.2 Å². The van der Waals surface area contributed by atoms with E-state index in [2.05, 4.69) is 5.32 Å². The van der Waals surface area contributed by atoms with Crippen LogP contribution >= 0.6 is 0 Å². The number of carbonyl (C=O) groups is 2. The van der Waals surface area contributed by atoms with Gasteiger partial charge in [-0.1, -0.05) is 0 Å². The molecular weight excluding hydrogens is 248 g/mol. The second-order valence-corrected chi connectivity index (χ2v) is 5.28. The quantitative estimate of drug-likeness (QED) is 0.543. The maximum absolute atomic E-state index is 11.3. The molecule has 0 bridgehead atoms. The van der Waals surface area contributed by atoms with E-state index < -0.39 is 17.7 Å². The van der Waals surface area contributed by atoms with Gasteiger partial charge < -0.3 is 20.5 Å². The molecular formula is C13H26N2O4. The molecule has 19 heavy (non-hydrogen) atoms. The van der Waals surface area contributed by atoms with Crippen LogP contribution < -0.4 is 11.1 Å². The lowest BCUT2D eigenvalue weighted by Gasteiger charge is -2.19. The highest BCUT2D eigenvalue weighted by molar-refractivity contribution is 5.75. The van der Waals surface area contributed by atoms with Crippen molar-refractivity contribution in [1.29, 1.82) is 0 Å². The fourth-order valence-corrected chi connectivity index (χ4v) is 1.36. The number of hydrogen-bond donors (Lipinski definition) is 2. The molecule has 0 aliphatic carbocycles. The summed E-state index contributed by atoms with van der Waals surface area (Å²) < 4.78 is 9.89. The lowest BCUT2D eigenvalue weighted by Crippen LogP contribution is -2.34. The molecule has 0 unspecified atom stereocenters. The zero-order valence-electron chi connectivity index (χ0n) is 12.3. The molecule has 6 nitrogen and oxygen atoms in total. The van der Waals surface area contributed by atoms with E-state index >= 15 is 0 Å². The maximum Gasteiger partial charge on any atom is 0.407 e. The monoisotopic (exact) mass is 274 g/mol. The van der Waals surface area contributed by atoms with Gasteiger partial charge in [-0.15, -0.1) is 0 Å². The highest BCUT2D eigenvalue weighted by Crippen LogP contribution is 2.06. The summed E-state index contributed by atoms with van der Waals surface area (Å²) in [7, 11) is 0. The van der Waals surface area contributed by atoms with Crippen molar-refractivity contribution in [3.8, 4) is 0 Å². The normalized spacial score (nSPS) is 12.7. The van der Waals surface area contributed by atoms with E-state index in [0.717, 1.165) is 12.8 Å². The zero-order valence-corrected chi connectivity index (χ0v) is 12.3. The standard InChI is InChI=1S/C13H26N2O4/c1-5-18-11(16)10(14)8-6-7-9-15-12(17)19-13(2,3)4/h10H,5-9,14H2,1-4H3,(H,15,17)/t10-/m1/s1. The smallest absolute Gasteiger partial charge is 0.407 e. The molecule has 0 rings (SSSR count). The van der Waals surface area contributed by atoms with E-state index in [1.807, 2.05) is 20.8 Å². The largest absolute Gasteiger partial charge is 0.465 e. The van der Waals surface area contributed by atoms with Gasteiger partial charge >= 0.3 is 12.1 Å². The number of nitrogens with one attached hydrogen (secondary N) is 1. The van der Waals surface area contributed by atoms with Crippen molar-refractivity contribution < 1.29 is 19.1 Å². The first-order valence-electron chi connectivity index (χ1n) is 6.65. The number of ether oxygens (including phenoxy) is 2. The molecule has 0 aliphatic heterocycles. The van der Waals surface area contributed by atoms with Crippen LogP contribution in [0.2, 0.25) is 0 Å². The molecule has 3 N–H and O–H groups in total. The zero-order chi connectivity index (χ0) is 14.9. The van der Waals surface area contributed by atoms with Crippen LogP contribution in [-0.2, 0) is 14.3 Å². The predicted octanol–water partition coefficient (Wildman–Crippen LogP) is 1.57. The lowest BCUT2D eigenvalue weighted by molar-refractivity contribution is -0.144. The summed E-state index contributed by atoms with van der Waals surface area (Å²) in [5.74, 6) is -0.373. The number of amides is 1. The number of unbranched alkanes of at least 4 members (excludes halogenated alkanes) is 1. The average Bonchev–Trinajstić information content (AvgIpc) is 2.26. The summed E-state index contributed by atoms with van der Waals surface area (Å²) >= 11 is 0. The van der Waals surface area contributed by atoms with Crippen LogP contribution in [0.4, 0.5) is 4.79 Å². The molecule has 6 heteroatoms. The maximum atomic E-state index is 11.3. The van der Waals surface area contributed by atoms with Crippen LogP contribution in [0.5, 0.6) is 0 Å². The highest BCUT2D eigenvalue weighted by Gasteiger charge is 2.16. The van der Waals surface area contributed by atoms with Crippen molar-refractivity contribution in [1.82, 2.24) is 5.32 Å². The molecule has 0 heterocycles. The summed E-state index contributed by atoms with van der Waals surface area (Å²) in [6.45, 7) is 8.02. The minimum Gasteiger partial charge on any atom is -0.465 e. The molecule has 1 atom stereocenters. The van der Waals surface area contributed by atoms with Gasteiger partial charge in [-0.3, -0.25) is 4.79 Å². The number of nitrogens with two attached hydrogens (primary N) is 1. The van der Waals surface area contributed by atoms with Crippen molar-refractivity contribution in [2.45, 2.75) is 58.6 Å². The average molecular weight is 274 g/mol. The summed E-state index contributed by atoms with van der Waals surface area (Å²) in [5.41, 5.74) is 5.15. The van der Waals surface area contributed by atoms with Crippen LogP contribution in [0.15, 0.2) is 0 Å². The van der Waals surface area contributed by atoms with Crippen molar-refractivity contribution >= 4 is 12.1 Å². The van der Waals surface area contributed by atoms with Crippen molar-refractivity contribution in [3.05, 3.63) is 0 Å². The van der Waals surface area contributed by atoms with Crippen LogP contribution in [0, 0.1) is 0 Å². The Morgan fingerprint density at radius 2 is 1.89 bits per heavy atom. The van der Waals surface area contributed by atoms with Gasteiger partial charge in [0, 0.05) is 6.54 Å². The highest BCUT2D eigenvalue weighted by atomic mass is 16.6. The third-order valence-corrected chi connectivity index (χ3v) is 2.20. The van der Waals surface area contributed by atoms with E-state index in [-0.39, 0.29) is 5.97 Å². The molecule has 0 aliphatic rings. The van der Waals surface area contributed by atoms with Gasteiger partial charge in [-0.05, 0) is 47.0 Å². The molecule has 1 amide bonds. The van der Waals surface area contributed by atoms with Crippen LogP contribution in [0.25, 0.3) is 0 Å². The molecule has 0 aromatic heterocycles. The van der Waals surface area contributed by atoms with Gasteiger partial charge in [0.05, 0.1) is 6.61 Å². The number of rotatable bonds is 7. The van der Waals surface area contributed by atoms with Gasteiger partial charge in [0.2, 0.25) is 0 Å². The van der Waals surface area contributed by atoms with Gasteiger partial charge in [0.25, 0.3) is 0 Å². The first kappa shape index (κ1) is 17.7. The Morgan fingerprint density at radius 3 is 2.42 bits per heavy atom. The van der Waals surface area contributed by atoms with E-state index in [1.54, 1.807) is 6.92 Å². The molecule has 0 spiro atoms. The van der Waals surface area contributed by atoms with Gasteiger partial charge in [-0.25, -0.2) is 4.79 Å². The fourth-order valence-electron chi connectivity index (χ4n) is 1.36. The van der Waals surface area contributed by atoms with E-state index in [1.165, 1.54) is 0 Å². The Hall–Kier alpha value is -1.30. The molecule has 0 saturated carbocycles. The summed E-state index contributed by atoms with van der Waals surface area (Å²) in [6, 6.07) is -0.582. The minimum absolute atomic E-state index is 0.340. The second kappa shape index (κ2) is 8.74. The van der Waals surface area contributed by atoms with E-state index in [9.17, 15) is 9.59 Å². The van der Waals surface area contributed by atoms with Crippen LogP contribution in [-0.4, -0.2) is 36.9 Å². The van der Waals surface area contributed by atoms with Crippen molar-refractivity contribution in [2.24, 2.45) is 5.73 Å². The Morgan fingerprint density at radius 1 is 1.26 bits per heavy atom. The first-order chi connectivity index (χ1) is 8.76. The Labute approximate surface area is 115 Å². The minimum atomic E-state index is -0.582. The van der Waals surface area contributed by atoms with Gasteiger partial charge in [0.1, 0.15) is 11.6 Å². The molecule has 112 valence electrons. The van der Waals surface area contributed by atoms with E-state index in [4.69, 9.17) is 15.2 Å². The summed E-state index contributed by atoms with van der Waals surface area (Å²) in [5, 5.41) is 2.65. The molecule has 0 aromatic carbocycles. The number of alkyl carbamates (subject to hydrolysis) is 1. The summed E-state index contributed by atoms with van der Waals surface area (Å²) in [6.07, 6.45) is 1.61. The van der Waals surface area contributed by atoms with Gasteiger partial charge in [-0.2, -0.15) is 0 Å². The van der Waals surface area contributed by atoms with Crippen molar-refractivity contribution in [3.63, 3.8) is 0 Å². The lowest BCUT2D eigenvalue weighted by atomic mass is 10.1. The third-order valence-electron chi connectivity index (χ3n) is 2.20. The Balaban J connectivity index is 3.60. The topological polar surface area (TPSA) is 90.6 Å². The molecule has 0 aromatic rings. The molecule has 0 fully saturated rings. The fraction of sp³-hybridized carbons (Fsp3) is 0.846. The second-order valence-electron chi connectivity index (χ2n) is 5.28. The Kier molecular flexibility index (Phi) is 8.14. The number of carbonyl (C=O) groups excluding carboxylic acids is 2. The summed E-state index contributed by atoms with van der Waals surface area (Å²) in [4.78, 5) is 22.6. The Bertz CT molecular complexity index is 287. The number of esters is 1. The van der Waals surface area contributed by atoms with Crippen LogP contribution in [0.1, 0.15) is 47.0 Å². The van der Waals surface area contributed by atoms with Crippen LogP contribution in [0.3, 0.4) is 0 Å². The third kappa shape index (κ3) is 10.3. The SMILES string of the molecule is CCOC(=O)[C@H](N)CCCCNC(=O)OC(C)(C)C. The predicted molar refractivity (Wildman–Crippen MR) is 72.7 cm³/mol. The first-order valence-corrected chi connectivity index (χ1v) is 6.65. The van der Waals surface area contributed by atoms with E-state index in [0.29, 0.717) is 19.6 Å².